The van der Waals surface area contributed by atoms with Crippen molar-refractivity contribution in [1.29, 1.82) is 0 Å². The number of anilines is 6. The summed E-state index contributed by atoms with van der Waals surface area (Å²) >= 11 is 12.7. The lowest BCUT2D eigenvalue weighted by Crippen LogP contribution is -2.40. The van der Waals surface area contributed by atoms with Crippen molar-refractivity contribution in [3.05, 3.63) is 189 Å². The van der Waals surface area contributed by atoms with Crippen molar-refractivity contribution < 1.29 is 57.3 Å². The number of fused-ring (bicyclic) bond motifs is 10. The Labute approximate surface area is 663 Å². The van der Waals surface area contributed by atoms with Gasteiger partial charge in [-0.05, 0) is 154 Å². The highest BCUT2D eigenvalue weighted by atomic mass is 32.8. The molecule has 3 atom stereocenters. The molecule has 1 unspecified atom stereocenters. The highest BCUT2D eigenvalue weighted by Crippen LogP contribution is 2.44. The van der Waals surface area contributed by atoms with Crippen LogP contribution in [0.2, 0.25) is 0 Å². The normalized spacial score (nSPS) is 14.7. The third kappa shape index (κ3) is 18.1. The summed E-state index contributed by atoms with van der Waals surface area (Å²) in [6.07, 6.45) is 11.5. The van der Waals surface area contributed by atoms with E-state index in [1.54, 1.807) is 112 Å². The standard InChI is InChI=1S/C41H42N6O6S3.C40H40N6O6S2.CH4/c1-41(2,56(5)54)23-43-39(50)36-17-25-15-26(12-13-35(25)55-36)45-38(49)32-18-27(22-46(32)3)44-37(48)11-8-14-53-34-20-30-29(19-33(34)52-4)40(51)47-28(21-42-30)16-24-9-6-7-10-31(24)47;1-40(2,53)22-42-38(49)35-16-24-14-25(11-12-34(24)54-35)44-37(48)31-17-26(21-45(31)3)43-36(47)10-7-13-52-33-19-29-28(18-32(33)51-4)39(50)46-27(20-41-29)15-23-8-5-6-9-30(23)46;/h6-7,9-10,12-13,15,17-22,28H,8,11,14,16,23H2,1-5H3,(H,43,50)(H,44,48)(H,45,49);5-6,8-9,11-12,14,16-21,27,53H,7,10,13,15,22H2,1-4H3,(H,42,49)(H,43,47)(H,44,48);1H4/t28-,56?;27-;/m00./s1. The maximum atomic E-state index is 13.7. The number of aliphatic imine (C=N–C) groups is 2. The number of hydrogen-bond donors (Lipinski definition) is 7. The molecule has 0 fully saturated rings. The summed E-state index contributed by atoms with van der Waals surface area (Å²) in [5.74, 6) is -0.107. The lowest BCUT2D eigenvalue weighted by Gasteiger charge is -2.24. The Morgan fingerprint density at radius 3 is 1.39 bits per heavy atom. The number of aromatic nitrogens is 2. The molecule has 10 aromatic rings. The predicted octanol–water partition coefficient (Wildman–Crippen LogP) is 14.5. The number of amides is 8. The molecule has 576 valence electrons. The zero-order valence-electron chi connectivity index (χ0n) is 61.9. The number of rotatable bonds is 25. The number of hydrogen-bond acceptors (Lipinski definition) is 18. The van der Waals surface area contributed by atoms with Gasteiger partial charge >= 0.3 is 0 Å². The fourth-order valence-electron chi connectivity index (χ4n) is 13.1. The summed E-state index contributed by atoms with van der Waals surface area (Å²) in [6, 6.07) is 40.0. The molecule has 29 heteroatoms. The van der Waals surface area contributed by atoms with Crippen LogP contribution in [0.4, 0.5) is 45.5 Å². The minimum absolute atomic E-state index is 0. The highest BCUT2D eigenvalue weighted by Gasteiger charge is 2.39. The van der Waals surface area contributed by atoms with Gasteiger partial charge in [0.05, 0.1) is 83.1 Å². The largest absolute Gasteiger partial charge is 0.493 e. The smallest absolute Gasteiger partial charge is 0.272 e. The number of nitrogens with one attached hydrogen (secondary N) is 6. The van der Waals surface area contributed by atoms with Gasteiger partial charge in [-0.2, -0.15) is 12.6 Å². The van der Waals surface area contributed by atoms with Gasteiger partial charge in [0, 0.05) is 131 Å². The molecule has 0 spiro atoms. The van der Waals surface area contributed by atoms with Crippen molar-refractivity contribution in [3.8, 4) is 23.0 Å². The van der Waals surface area contributed by atoms with E-state index in [9.17, 15) is 38.4 Å². The van der Waals surface area contributed by atoms with Crippen molar-refractivity contribution in [1.82, 2.24) is 19.8 Å². The first kappa shape index (κ1) is 79.6. The Bertz CT molecular complexity index is 5420. The molecule has 4 aliphatic rings. The number of carbonyl (C=O) groups is 8. The van der Waals surface area contributed by atoms with Gasteiger partial charge in [-0.1, -0.05) is 55.0 Å². The van der Waals surface area contributed by atoms with E-state index in [0.29, 0.717) is 128 Å². The zero-order valence-corrected chi connectivity index (χ0v) is 66.1. The van der Waals surface area contributed by atoms with Crippen LogP contribution in [0, 0.1) is 0 Å². The van der Waals surface area contributed by atoms with Crippen LogP contribution in [0.15, 0.2) is 156 Å². The van der Waals surface area contributed by atoms with Gasteiger partial charge in [-0.3, -0.25) is 58.1 Å². The second-order valence-electron chi connectivity index (χ2n) is 28.2. The minimum Gasteiger partial charge on any atom is -0.493 e. The quantitative estimate of drug-likeness (QED) is 0.0207. The van der Waals surface area contributed by atoms with Gasteiger partial charge in [0.2, 0.25) is 11.8 Å². The Balaban J connectivity index is 0.000000205. The molecular formula is C82H86N12O12S5. The molecule has 8 amide bonds. The van der Waals surface area contributed by atoms with E-state index in [1.165, 1.54) is 36.9 Å². The van der Waals surface area contributed by atoms with E-state index in [0.717, 1.165) is 42.7 Å². The monoisotopic (exact) mass is 1590 g/mol. The Hall–Kier alpha value is -11.0. The van der Waals surface area contributed by atoms with Crippen LogP contribution >= 0.6 is 35.3 Å². The summed E-state index contributed by atoms with van der Waals surface area (Å²) in [6.45, 7) is 9.31. The SMILES string of the molecule is C.COc1cc2c(cc1OCCCC(=O)Nc1cc(C(=O)Nc3ccc4sc(C(=O)NCC(C)(C)S(C)=S)cc4c3)n(C)c1)N=C[C@@H]1Cc3ccccc3N1C2=O.COc1cc2c(cc1OCCCC(=O)Nc1cc(C(=O)Nc3ccc4sc(C(=O)NCC(C)(C)S)cc4c3)n(C)c1)N=C[C@@H]1Cc3ccccc3N1C2=O. The first-order valence-electron chi connectivity index (χ1n) is 35.5. The van der Waals surface area contributed by atoms with Gasteiger partial charge in [0.25, 0.3) is 35.4 Å². The highest BCUT2D eigenvalue weighted by molar-refractivity contribution is 8.29. The predicted molar refractivity (Wildman–Crippen MR) is 450 cm³/mol. The minimum atomic E-state index is -0.346. The second-order valence-corrected chi connectivity index (χ2v) is 35.1. The topological polar surface area (TPSA) is 287 Å². The molecule has 14 rings (SSSR count). The van der Waals surface area contributed by atoms with Gasteiger partial charge < -0.3 is 60.0 Å². The van der Waals surface area contributed by atoms with E-state index in [2.05, 4.69) is 54.5 Å². The van der Waals surface area contributed by atoms with Crippen molar-refractivity contribution in [2.24, 2.45) is 24.1 Å². The average Bonchev–Trinajstić information content (AvgIpc) is 1.62. The maximum Gasteiger partial charge on any atom is 0.272 e. The molecule has 6 N–H and O–H groups in total. The first-order valence-corrected chi connectivity index (χ1v) is 40.2. The number of ether oxygens (including phenoxy) is 4. The molecule has 4 aromatic heterocycles. The summed E-state index contributed by atoms with van der Waals surface area (Å²) in [5, 5.41) is 19.1. The maximum absolute atomic E-state index is 13.7. The van der Waals surface area contributed by atoms with Crippen LogP contribution < -0.4 is 60.6 Å². The number of benzene rings is 6. The van der Waals surface area contributed by atoms with E-state index in [4.69, 9.17) is 30.1 Å². The Morgan fingerprint density at radius 2 is 0.973 bits per heavy atom. The summed E-state index contributed by atoms with van der Waals surface area (Å²) in [7, 11) is 6.22. The molecule has 0 saturated carbocycles. The van der Waals surface area contributed by atoms with Gasteiger partial charge in [0.1, 0.15) is 11.4 Å². The lowest BCUT2D eigenvalue weighted by molar-refractivity contribution is -0.117. The van der Waals surface area contributed by atoms with Crippen LogP contribution in [0.3, 0.4) is 0 Å². The van der Waals surface area contributed by atoms with Crippen LogP contribution in [-0.4, -0.2) is 137 Å². The fourth-order valence-corrected chi connectivity index (χ4v) is 15.5. The summed E-state index contributed by atoms with van der Waals surface area (Å²) in [5.41, 5.74) is 8.69. The Kier molecular flexibility index (Phi) is 24.2. The summed E-state index contributed by atoms with van der Waals surface area (Å²) < 4.78 is 27.8. The van der Waals surface area contributed by atoms with Crippen LogP contribution in [-0.2, 0) is 57.2 Å². The molecule has 24 nitrogen and oxygen atoms in total. The number of thiol groups is 1. The van der Waals surface area contributed by atoms with Gasteiger partial charge in [0.15, 0.2) is 23.0 Å². The average molecular weight is 1590 g/mol. The number of thiophene rings is 2. The first-order chi connectivity index (χ1) is 52.7. The second kappa shape index (κ2) is 33.7. The molecule has 8 heterocycles. The van der Waals surface area contributed by atoms with Crippen LogP contribution in [0.25, 0.3) is 20.2 Å². The van der Waals surface area contributed by atoms with E-state index < -0.39 is 0 Å². The van der Waals surface area contributed by atoms with E-state index >= 15 is 0 Å². The number of para-hydroxylation sites is 2. The van der Waals surface area contributed by atoms with Crippen LogP contribution in [0.1, 0.15) is 133 Å². The number of methoxy groups -OCH3 is 2. The fraction of sp³-hybridized carbons (Fsp3) is 0.293. The summed E-state index contributed by atoms with van der Waals surface area (Å²) in [4.78, 5) is 119. The lowest BCUT2D eigenvalue weighted by atomic mass is 10.1. The zero-order chi connectivity index (χ0) is 77.9. The number of carbonyl (C=O) groups excluding carboxylic acids is 8. The molecule has 0 bridgehead atoms. The molecule has 4 aliphatic heterocycles. The third-order valence-electron chi connectivity index (χ3n) is 19.0. The molecule has 0 saturated heterocycles. The van der Waals surface area contributed by atoms with E-state index in [-0.39, 0.29) is 112 Å². The molecule has 6 aromatic carbocycles. The van der Waals surface area contributed by atoms with Crippen molar-refractivity contribution in [2.45, 2.75) is 95.2 Å². The van der Waals surface area contributed by atoms with Crippen LogP contribution in [0.5, 0.6) is 23.0 Å². The number of nitrogens with zero attached hydrogens (tertiary/aromatic N) is 6. The van der Waals surface area contributed by atoms with Crippen molar-refractivity contribution in [3.63, 3.8) is 0 Å². The Morgan fingerprint density at radius 1 is 0.550 bits per heavy atom. The van der Waals surface area contributed by atoms with Gasteiger partial charge in [-0.25, -0.2) is 0 Å². The van der Waals surface area contributed by atoms with Crippen molar-refractivity contribution >= 4 is 181 Å². The number of aryl methyl sites for hydroxylation is 2. The van der Waals surface area contributed by atoms with E-state index in [1.807, 2.05) is 113 Å². The molecule has 111 heavy (non-hydrogen) atoms. The molecule has 0 aliphatic carbocycles. The molecule has 0 radical (unpaired) electrons. The third-order valence-corrected chi connectivity index (χ3v) is 24.5. The van der Waals surface area contributed by atoms with Crippen molar-refractivity contribution in [2.75, 3.05) is 77.8 Å². The molecular weight excluding hydrogens is 1510 g/mol. The van der Waals surface area contributed by atoms with Gasteiger partial charge in [-0.15, -0.1) is 32.1 Å².